The van der Waals surface area contributed by atoms with Crippen LogP contribution in [-0.4, -0.2) is 26.4 Å². The molecule has 0 aliphatic rings. The second-order valence-electron chi connectivity index (χ2n) is 5.30. The maximum absolute atomic E-state index is 12.1. The fourth-order valence-electron chi connectivity index (χ4n) is 1.93. The lowest BCUT2D eigenvalue weighted by Crippen LogP contribution is -2.30. The Labute approximate surface area is 150 Å². The zero-order valence-corrected chi connectivity index (χ0v) is 14.5. The van der Waals surface area contributed by atoms with Crippen molar-refractivity contribution >= 4 is 27.6 Å². The number of amides is 1. The summed E-state index contributed by atoms with van der Waals surface area (Å²) in [6, 6.07) is 13.0. The lowest BCUT2D eigenvalue weighted by atomic mass is 10.1. The number of benzene rings is 2. The fourth-order valence-corrected chi connectivity index (χ4v) is 2.45. The Hall–Kier alpha value is -3.22. The number of nitriles is 1. The molecule has 2 rings (SSSR count). The molecule has 8 nitrogen and oxygen atoms in total. The number of carbonyl (C=O) groups is 2. The maximum Gasteiger partial charge on any atom is 0.338 e. The third-order valence-electron chi connectivity index (χ3n) is 3.35. The van der Waals surface area contributed by atoms with E-state index in [4.69, 9.17) is 15.1 Å². The molecular weight excluding hydrogens is 358 g/mol. The largest absolute Gasteiger partial charge is 0.449 e. The first-order valence-corrected chi connectivity index (χ1v) is 8.90. The number of nitrogens with one attached hydrogen (secondary N) is 1. The molecule has 0 aromatic heterocycles. The van der Waals surface area contributed by atoms with E-state index in [1.165, 1.54) is 55.5 Å². The molecule has 0 bridgehead atoms. The van der Waals surface area contributed by atoms with Gasteiger partial charge in [0.1, 0.15) is 0 Å². The number of esters is 1. The standard InChI is InChI=1S/C17H15N3O5S/c1-11(25-17(22)13-4-2-12(10-18)3-5-13)16(21)20-14-6-8-15(9-7-14)26(19,23)24/h2-9,11H,1H3,(H,20,21)(H2,19,23,24)/t11-/m1/s1. The maximum atomic E-state index is 12.1. The van der Waals surface area contributed by atoms with Crippen molar-refractivity contribution in [3.63, 3.8) is 0 Å². The number of nitrogens with zero attached hydrogens (tertiary/aromatic N) is 1. The first-order valence-electron chi connectivity index (χ1n) is 7.35. The molecule has 3 N–H and O–H groups in total. The quantitative estimate of drug-likeness (QED) is 0.759. The second-order valence-corrected chi connectivity index (χ2v) is 6.86. The molecule has 2 aromatic carbocycles. The van der Waals surface area contributed by atoms with Gasteiger partial charge in [-0.3, -0.25) is 4.79 Å². The van der Waals surface area contributed by atoms with Crippen LogP contribution in [0.4, 0.5) is 5.69 Å². The van der Waals surface area contributed by atoms with Gasteiger partial charge in [-0.1, -0.05) is 0 Å². The first-order chi connectivity index (χ1) is 12.2. The van der Waals surface area contributed by atoms with Crippen LogP contribution in [0.5, 0.6) is 0 Å². The van der Waals surface area contributed by atoms with Crippen molar-refractivity contribution in [1.29, 1.82) is 5.26 Å². The van der Waals surface area contributed by atoms with Crippen LogP contribution in [0, 0.1) is 11.3 Å². The lowest BCUT2D eigenvalue weighted by Gasteiger charge is -2.13. The second kappa shape index (κ2) is 7.77. The summed E-state index contributed by atoms with van der Waals surface area (Å²) in [5, 5.41) is 16.2. The van der Waals surface area contributed by atoms with E-state index in [9.17, 15) is 18.0 Å². The van der Waals surface area contributed by atoms with Crippen LogP contribution in [0.2, 0.25) is 0 Å². The van der Waals surface area contributed by atoms with E-state index in [1.54, 1.807) is 0 Å². The van der Waals surface area contributed by atoms with E-state index in [0.29, 0.717) is 11.3 Å². The molecule has 0 saturated heterocycles. The molecule has 0 aliphatic heterocycles. The molecule has 134 valence electrons. The highest BCUT2D eigenvalue weighted by molar-refractivity contribution is 7.89. The number of sulfonamides is 1. The van der Waals surface area contributed by atoms with Crippen LogP contribution in [0.15, 0.2) is 53.4 Å². The topological polar surface area (TPSA) is 139 Å². The van der Waals surface area contributed by atoms with Crippen LogP contribution in [0.25, 0.3) is 0 Å². The van der Waals surface area contributed by atoms with E-state index >= 15 is 0 Å². The number of hydrogen-bond donors (Lipinski definition) is 2. The molecule has 0 spiro atoms. The smallest absolute Gasteiger partial charge is 0.338 e. The summed E-state index contributed by atoms with van der Waals surface area (Å²) in [5.41, 5.74) is 0.931. The van der Waals surface area contributed by atoms with E-state index in [0.717, 1.165) is 0 Å². The Morgan fingerprint density at radius 1 is 1.12 bits per heavy atom. The summed E-state index contributed by atoms with van der Waals surface area (Å²) in [7, 11) is -3.82. The van der Waals surface area contributed by atoms with Gasteiger partial charge in [-0.05, 0) is 55.5 Å². The molecule has 0 saturated carbocycles. The number of nitrogens with two attached hydrogens (primary N) is 1. The zero-order valence-electron chi connectivity index (χ0n) is 13.7. The highest BCUT2D eigenvalue weighted by atomic mass is 32.2. The minimum absolute atomic E-state index is 0.0872. The third-order valence-corrected chi connectivity index (χ3v) is 4.28. The predicted molar refractivity (Wildman–Crippen MR) is 92.5 cm³/mol. The summed E-state index contributed by atoms with van der Waals surface area (Å²) in [5.74, 6) is -1.29. The van der Waals surface area contributed by atoms with Crippen LogP contribution >= 0.6 is 0 Å². The molecular formula is C17H15N3O5S. The average Bonchev–Trinajstić information content (AvgIpc) is 2.61. The van der Waals surface area contributed by atoms with Crippen molar-refractivity contribution in [1.82, 2.24) is 0 Å². The Balaban J connectivity index is 1.98. The molecule has 0 heterocycles. The van der Waals surface area contributed by atoms with Gasteiger partial charge < -0.3 is 10.1 Å². The van der Waals surface area contributed by atoms with E-state index in [-0.39, 0.29) is 10.5 Å². The summed E-state index contributed by atoms with van der Waals surface area (Å²) in [6.07, 6.45) is -1.09. The number of primary sulfonamides is 1. The average molecular weight is 373 g/mol. The SMILES string of the molecule is C[C@@H](OC(=O)c1ccc(C#N)cc1)C(=O)Nc1ccc(S(N)(=O)=O)cc1. The summed E-state index contributed by atoms with van der Waals surface area (Å²) in [4.78, 5) is 24.0. The highest BCUT2D eigenvalue weighted by Crippen LogP contribution is 2.14. The van der Waals surface area contributed by atoms with Gasteiger partial charge in [0.2, 0.25) is 10.0 Å². The van der Waals surface area contributed by atoms with Gasteiger partial charge in [0.15, 0.2) is 6.10 Å². The van der Waals surface area contributed by atoms with Gasteiger partial charge in [0.25, 0.3) is 5.91 Å². The van der Waals surface area contributed by atoms with Gasteiger partial charge in [0.05, 0.1) is 22.1 Å². The Bertz CT molecular complexity index is 961. The molecule has 0 unspecified atom stereocenters. The van der Waals surface area contributed by atoms with Crippen molar-refractivity contribution in [2.75, 3.05) is 5.32 Å². The summed E-state index contributed by atoms with van der Waals surface area (Å²) in [6.45, 7) is 1.40. The van der Waals surface area contributed by atoms with Crippen molar-refractivity contribution in [3.05, 3.63) is 59.7 Å². The van der Waals surface area contributed by atoms with Gasteiger partial charge in [-0.25, -0.2) is 18.4 Å². The Morgan fingerprint density at radius 2 is 1.69 bits per heavy atom. The summed E-state index contributed by atoms with van der Waals surface area (Å²) >= 11 is 0. The monoisotopic (exact) mass is 373 g/mol. The molecule has 2 aromatic rings. The lowest BCUT2D eigenvalue weighted by molar-refractivity contribution is -0.123. The molecule has 1 amide bonds. The molecule has 0 aliphatic carbocycles. The number of hydrogen-bond acceptors (Lipinski definition) is 6. The van der Waals surface area contributed by atoms with Crippen molar-refractivity contribution in [2.24, 2.45) is 5.14 Å². The number of ether oxygens (including phenoxy) is 1. The minimum Gasteiger partial charge on any atom is -0.449 e. The molecule has 9 heteroatoms. The van der Waals surface area contributed by atoms with Crippen LogP contribution in [-0.2, 0) is 19.6 Å². The molecule has 26 heavy (non-hydrogen) atoms. The van der Waals surface area contributed by atoms with Crippen LogP contribution in [0.3, 0.4) is 0 Å². The molecule has 0 radical (unpaired) electrons. The third kappa shape index (κ3) is 4.89. The van der Waals surface area contributed by atoms with Crippen molar-refractivity contribution < 1.29 is 22.7 Å². The Kier molecular flexibility index (Phi) is 5.71. The van der Waals surface area contributed by atoms with E-state index in [1.807, 2.05) is 6.07 Å². The van der Waals surface area contributed by atoms with Gasteiger partial charge >= 0.3 is 5.97 Å². The number of rotatable bonds is 5. The number of carbonyl (C=O) groups excluding carboxylic acids is 2. The van der Waals surface area contributed by atoms with E-state index < -0.39 is 28.0 Å². The predicted octanol–water partition coefficient (Wildman–Crippen LogP) is 1.39. The highest BCUT2D eigenvalue weighted by Gasteiger charge is 2.19. The van der Waals surface area contributed by atoms with Gasteiger partial charge in [0, 0.05) is 5.69 Å². The molecule has 1 atom stereocenters. The van der Waals surface area contributed by atoms with Crippen molar-refractivity contribution in [3.8, 4) is 6.07 Å². The molecule has 0 fully saturated rings. The summed E-state index contributed by atoms with van der Waals surface area (Å²) < 4.78 is 27.4. The van der Waals surface area contributed by atoms with Gasteiger partial charge in [-0.2, -0.15) is 5.26 Å². The zero-order chi connectivity index (χ0) is 19.3. The minimum atomic E-state index is -3.82. The van der Waals surface area contributed by atoms with Crippen molar-refractivity contribution in [2.45, 2.75) is 17.9 Å². The normalized spacial score (nSPS) is 11.9. The van der Waals surface area contributed by atoms with Gasteiger partial charge in [-0.15, -0.1) is 0 Å². The fraction of sp³-hybridized carbons (Fsp3) is 0.118. The van der Waals surface area contributed by atoms with Crippen LogP contribution in [0.1, 0.15) is 22.8 Å². The van der Waals surface area contributed by atoms with E-state index in [2.05, 4.69) is 5.32 Å². The number of anilines is 1. The van der Waals surface area contributed by atoms with Crippen LogP contribution < -0.4 is 10.5 Å². The first kappa shape index (κ1) is 19.1. The Morgan fingerprint density at radius 3 is 2.19 bits per heavy atom.